The molecule has 1 aromatic carbocycles. The maximum Gasteiger partial charge on any atom is 0.296 e. The van der Waals surface area contributed by atoms with Crippen molar-refractivity contribution in [3.05, 3.63) is 27.7 Å². The predicted octanol–water partition coefficient (Wildman–Crippen LogP) is 1.66. The second-order valence-electron chi connectivity index (χ2n) is 2.57. The molecule has 8 heteroatoms. The average molecular weight is 269 g/mol. The van der Waals surface area contributed by atoms with E-state index in [-0.39, 0.29) is 15.6 Å². The number of hydrogen-bond acceptors (Lipinski definition) is 3. The summed E-state index contributed by atoms with van der Waals surface area (Å²) >= 11 is 11.0. The van der Waals surface area contributed by atoms with E-state index >= 15 is 0 Å². The second-order valence-corrected chi connectivity index (χ2v) is 4.77. The van der Waals surface area contributed by atoms with E-state index in [1.165, 1.54) is 0 Å². The van der Waals surface area contributed by atoms with Gasteiger partial charge in [-0.1, -0.05) is 23.2 Å². The van der Waals surface area contributed by atoms with E-state index in [9.17, 15) is 13.2 Å². The SMILES string of the molecule is [NH]C(=O)c1cc(S(=O)(=O)O)c(Cl)cc1Cl. The van der Waals surface area contributed by atoms with Crippen molar-refractivity contribution in [2.75, 3.05) is 0 Å². The lowest BCUT2D eigenvalue weighted by Gasteiger charge is -2.04. The quantitative estimate of drug-likeness (QED) is 0.826. The molecular formula is C7H4Cl2NO4S. The van der Waals surface area contributed by atoms with Gasteiger partial charge in [0.05, 0.1) is 15.6 Å². The maximum absolute atomic E-state index is 10.8. The molecule has 0 fully saturated rings. The van der Waals surface area contributed by atoms with Gasteiger partial charge in [0.2, 0.25) is 0 Å². The van der Waals surface area contributed by atoms with Gasteiger partial charge in [-0.25, -0.2) is 0 Å². The number of carbonyl (C=O) groups is 1. The summed E-state index contributed by atoms with van der Waals surface area (Å²) in [6.45, 7) is 0. The molecule has 1 aromatic rings. The Bertz CT molecular complexity index is 526. The first-order valence-corrected chi connectivity index (χ1v) is 5.65. The molecule has 0 unspecified atom stereocenters. The lowest BCUT2D eigenvalue weighted by Crippen LogP contribution is -2.05. The van der Waals surface area contributed by atoms with Crippen molar-refractivity contribution >= 4 is 39.2 Å². The van der Waals surface area contributed by atoms with Gasteiger partial charge in [0, 0.05) is 0 Å². The molecule has 0 heterocycles. The largest absolute Gasteiger partial charge is 0.296 e. The van der Waals surface area contributed by atoms with Crippen LogP contribution in [0.15, 0.2) is 17.0 Å². The molecule has 0 atom stereocenters. The molecule has 0 aliphatic rings. The number of nitrogens with one attached hydrogen (secondary N) is 1. The van der Waals surface area contributed by atoms with E-state index in [2.05, 4.69) is 0 Å². The molecule has 1 rings (SSSR count). The van der Waals surface area contributed by atoms with Crippen molar-refractivity contribution in [1.82, 2.24) is 5.73 Å². The van der Waals surface area contributed by atoms with Crippen LogP contribution in [0.4, 0.5) is 0 Å². The van der Waals surface area contributed by atoms with Gasteiger partial charge in [-0.15, -0.1) is 0 Å². The molecule has 1 amide bonds. The van der Waals surface area contributed by atoms with Crippen LogP contribution in [-0.4, -0.2) is 18.9 Å². The Hall–Kier alpha value is -0.820. The first-order chi connectivity index (χ1) is 6.73. The smallest absolute Gasteiger partial charge is 0.282 e. The fraction of sp³-hybridized carbons (Fsp3) is 0. The summed E-state index contributed by atoms with van der Waals surface area (Å²) in [5, 5.41) is -0.458. The van der Waals surface area contributed by atoms with Gasteiger partial charge < -0.3 is 0 Å². The molecule has 5 nitrogen and oxygen atoms in total. The highest BCUT2D eigenvalue weighted by molar-refractivity contribution is 7.86. The summed E-state index contributed by atoms with van der Waals surface area (Å²) in [6, 6.07) is 1.74. The summed E-state index contributed by atoms with van der Waals surface area (Å²) in [7, 11) is -4.53. The van der Waals surface area contributed by atoms with Crippen molar-refractivity contribution in [2.45, 2.75) is 4.90 Å². The normalized spacial score (nSPS) is 11.4. The lowest BCUT2D eigenvalue weighted by atomic mass is 10.2. The number of rotatable bonds is 2. The number of amides is 1. The second kappa shape index (κ2) is 3.97. The van der Waals surface area contributed by atoms with Crippen LogP contribution >= 0.6 is 23.2 Å². The Morgan fingerprint density at radius 3 is 2.20 bits per heavy atom. The zero-order valence-electron chi connectivity index (χ0n) is 6.99. The summed E-state index contributed by atoms with van der Waals surface area (Å²) in [5.41, 5.74) is 6.45. The van der Waals surface area contributed by atoms with Crippen molar-refractivity contribution in [3.8, 4) is 0 Å². The molecule has 81 valence electrons. The van der Waals surface area contributed by atoms with Gasteiger partial charge in [-0.05, 0) is 12.1 Å². The van der Waals surface area contributed by atoms with Crippen LogP contribution in [0.2, 0.25) is 10.0 Å². The van der Waals surface area contributed by atoms with Gasteiger partial charge in [0.25, 0.3) is 16.0 Å². The fourth-order valence-electron chi connectivity index (χ4n) is 0.901. The Balaban J connectivity index is 3.58. The molecule has 0 aromatic heterocycles. The van der Waals surface area contributed by atoms with Gasteiger partial charge in [0.15, 0.2) is 0 Å². The van der Waals surface area contributed by atoms with Crippen molar-refractivity contribution in [2.24, 2.45) is 0 Å². The van der Waals surface area contributed by atoms with E-state index in [0.29, 0.717) is 0 Å². The Kier molecular flexibility index (Phi) is 3.25. The highest BCUT2D eigenvalue weighted by Gasteiger charge is 2.19. The minimum absolute atomic E-state index is 0.146. The van der Waals surface area contributed by atoms with Gasteiger partial charge in [0.1, 0.15) is 4.90 Å². The summed E-state index contributed by atoms with van der Waals surface area (Å²) < 4.78 is 30.3. The highest BCUT2D eigenvalue weighted by Crippen LogP contribution is 2.28. The average Bonchev–Trinajstić information content (AvgIpc) is 2.00. The molecule has 1 radical (unpaired) electrons. The van der Waals surface area contributed by atoms with E-state index in [0.717, 1.165) is 12.1 Å². The van der Waals surface area contributed by atoms with E-state index in [4.69, 9.17) is 33.5 Å². The molecule has 15 heavy (non-hydrogen) atoms. The van der Waals surface area contributed by atoms with Gasteiger partial charge in [-0.2, -0.15) is 8.42 Å². The lowest BCUT2D eigenvalue weighted by molar-refractivity contribution is 0.0992. The summed E-state index contributed by atoms with van der Waals surface area (Å²) in [4.78, 5) is 10.1. The highest BCUT2D eigenvalue weighted by atomic mass is 35.5. The number of hydrogen-bond donors (Lipinski definition) is 1. The van der Waals surface area contributed by atoms with Crippen LogP contribution in [0.25, 0.3) is 0 Å². The van der Waals surface area contributed by atoms with Crippen molar-refractivity contribution < 1.29 is 17.8 Å². The third-order valence-corrected chi connectivity index (χ3v) is 3.18. The Morgan fingerprint density at radius 1 is 1.27 bits per heavy atom. The van der Waals surface area contributed by atoms with Gasteiger partial charge in [-0.3, -0.25) is 15.1 Å². The van der Waals surface area contributed by atoms with Crippen LogP contribution < -0.4 is 5.73 Å². The van der Waals surface area contributed by atoms with Crippen LogP contribution in [0, 0.1) is 0 Å². The predicted molar refractivity (Wildman–Crippen MR) is 53.7 cm³/mol. The molecule has 0 saturated carbocycles. The van der Waals surface area contributed by atoms with Crippen LogP contribution in [0.3, 0.4) is 0 Å². The van der Waals surface area contributed by atoms with Crippen molar-refractivity contribution in [1.29, 1.82) is 0 Å². The topological polar surface area (TPSA) is 95.2 Å². The summed E-state index contributed by atoms with van der Waals surface area (Å²) in [6.07, 6.45) is 0. The number of benzene rings is 1. The first kappa shape index (κ1) is 12.3. The maximum atomic E-state index is 10.8. The zero-order valence-corrected chi connectivity index (χ0v) is 9.32. The Labute approximate surface area is 95.5 Å². The summed E-state index contributed by atoms with van der Waals surface area (Å²) in [5.74, 6) is -1.17. The monoisotopic (exact) mass is 268 g/mol. The van der Waals surface area contributed by atoms with E-state index < -0.39 is 20.9 Å². The molecule has 0 aliphatic carbocycles. The van der Waals surface area contributed by atoms with Crippen LogP contribution in [0.1, 0.15) is 10.4 Å². The standard InChI is InChI=1S/C7H4Cl2NO4S/c8-4-2-5(9)6(15(12,13)14)1-3(4)7(10)11/h1-2,10H,(H,12,13,14). The van der Waals surface area contributed by atoms with Crippen LogP contribution in [-0.2, 0) is 10.1 Å². The van der Waals surface area contributed by atoms with E-state index in [1.807, 2.05) is 0 Å². The van der Waals surface area contributed by atoms with E-state index in [1.54, 1.807) is 0 Å². The molecular weight excluding hydrogens is 265 g/mol. The van der Waals surface area contributed by atoms with Crippen LogP contribution in [0.5, 0.6) is 0 Å². The molecule has 2 N–H and O–H groups in total. The Morgan fingerprint density at radius 2 is 1.80 bits per heavy atom. The first-order valence-electron chi connectivity index (χ1n) is 3.46. The third kappa shape index (κ3) is 2.60. The zero-order chi connectivity index (χ0) is 11.8. The molecule has 0 saturated heterocycles. The number of halogens is 2. The molecule has 0 aliphatic heterocycles. The molecule has 0 spiro atoms. The minimum Gasteiger partial charge on any atom is -0.282 e. The fourth-order valence-corrected chi connectivity index (χ4v) is 2.23. The third-order valence-electron chi connectivity index (χ3n) is 1.54. The van der Waals surface area contributed by atoms with Gasteiger partial charge >= 0.3 is 0 Å². The minimum atomic E-state index is -4.53. The molecule has 0 bridgehead atoms. The van der Waals surface area contributed by atoms with Crippen molar-refractivity contribution in [3.63, 3.8) is 0 Å². The number of carbonyl (C=O) groups excluding carboxylic acids is 1.